The lowest BCUT2D eigenvalue weighted by atomic mass is 10.3. The third-order valence-corrected chi connectivity index (χ3v) is 4.08. The zero-order valence-corrected chi connectivity index (χ0v) is 12.2. The molecule has 0 bridgehead atoms. The van der Waals surface area contributed by atoms with Crippen molar-refractivity contribution in [2.45, 2.75) is 19.9 Å². The fourth-order valence-corrected chi connectivity index (χ4v) is 2.84. The molecule has 90 valence electrons. The molecule has 0 aromatic carbocycles. The van der Waals surface area contributed by atoms with Gasteiger partial charge >= 0.3 is 0 Å². The number of halogens is 1. The number of nitrogens with zero attached hydrogens (tertiary/aromatic N) is 2. The number of aromatic nitrogens is 2. The molecule has 0 fully saturated rings. The van der Waals surface area contributed by atoms with Crippen molar-refractivity contribution in [3.05, 3.63) is 34.0 Å². The Hall–Kier alpha value is -0.780. The third-order valence-electron chi connectivity index (χ3n) is 2.41. The number of pyridine rings is 1. The van der Waals surface area contributed by atoms with E-state index in [0.717, 1.165) is 21.6 Å². The highest BCUT2D eigenvalue weighted by molar-refractivity contribution is 9.10. The van der Waals surface area contributed by atoms with Crippen LogP contribution in [0.15, 0.2) is 29.1 Å². The van der Waals surface area contributed by atoms with Crippen LogP contribution >= 0.6 is 27.3 Å². The second-order valence-corrected chi connectivity index (χ2v) is 5.72. The monoisotopic (exact) mass is 311 g/mol. The first-order chi connectivity index (χ1) is 8.20. The van der Waals surface area contributed by atoms with E-state index in [-0.39, 0.29) is 0 Å². The van der Waals surface area contributed by atoms with Crippen LogP contribution in [0.1, 0.15) is 24.8 Å². The van der Waals surface area contributed by atoms with Crippen molar-refractivity contribution in [3.63, 3.8) is 0 Å². The van der Waals surface area contributed by atoms with Gasteiger partial charge in [-0.05, 0) is 35.5 Å². The average molecular weight is 312 g/mol. The molecule has 0 radical (unpaired) electrons. The van der Waals surface area contributed by atoms with E-state index >= 15 is 0 Å². The fourth-order valence-electron chi connectivity index (χ4n) is 1.56. The molecular weight excluding hydrogens is 298 g/mol. The Bertz CT molecular complexity index is 498. The summed E-state index contributed by atoms with van der Waals surface area (Å²) in [7, 11) is 0. The van der Waals surface area contributed by atoms with Gasteiger partial charge < -0.3 is 5.32 Å². The summed E-state index contributed by atoms with van der Waals surface area (Å²) in [6, 6.07) is 2.39. The Labute approximate surface area is 113 Å². The summed E-state index contributed by atoms with van der Waals surface area (Å²) in [6.07, 6.45) is 5.55. The Balaban J connectivity index is 2.23. The van der Waals surface area contributed by atoms with E-state index in [0.29, 0.717) is 6.04 Å². The molecule has 0 spiro atoms. The summed E-state index contributed by atoms with van der Waals surface area (Å²) < 4.78 is 0.978. The van der Waals surface area contributed by atoms with E-state index in [2.05, 4.69) is 45.1 Å². The average Bonchev–Trinajstić information content (AvgIpc) is 2.78. The molecule has 0 aliphatic carbocycles. The Morgan fingerprint density at radius 2 is 2.24 bits per heavy atom. The van der Waals surface area contributed by atoms with Crippen molar-refractivity contribution in [1.82, 2.24) is 15.3 Å². The molecular formula is C12H14BrN3S. The minimum absolute atomic E-state index is 0.353. The lowest BCUT2D eigenvalue weighted by Crippen LogP contribution is -2.16. The molecule has 0 saturated heterocycles. The molecule has 0 aliphatic heterocycles. The van der Waals surface area contributed by atoms with Crippen LogP contribution in [0.5, 0.6) is 0 Å². The molecule has 5 heteroatoms. The minimum Gasteiger partial charge on any atom is -0.310 e. The van der Waals surface area contributed by atoms with Crippen molar-refractivity contribution in [2.24, 2.45) is 0 Å². The molecule has 2 heterocycles. The maximum atomic E-state index is 4.45. The van der Waals surface area contributed by atoms with E-state index < -0.39 is 0 Å². The van der Waals surface area contributed by atoms with Crippen molar-refractivity contribution in [2.75, 3.05) is 6.54 Å². The Morgan fingerprint density at radius 1 is 1.41 bits per heavy atom. The second kappa shape index (κ2) is 5.71. The maximum Gasteiger partial charge on any atom is 0.125 e. The molecule has 1 N–H and O–H groups in total. The first-order valence-electron chi connectivity index (χ1n) is 5.50. The molecule has 17 heavy (non-hydrogen) atoms. The van der Waals surface area contributed by atoms with Gasteiger partial charge in [0.25, 0.3) is 0 Å². The smallest absolute Gasteiger partial charge is 0.125 e. The highest BCUT2D eigenvalue weighted by Gasteiger charge is 2.10. The van der Waals surface area contributed by atoms with Gasteiger partial charge in [0, 0.05) is 39.5 Å². The summed E-state index contributed by atoms with van der Waals surface area (Å²) in [6.45, 7) is 5.23. The normalized spacial score (nSPS) is 12.6. The van der Waals surface area contributed by atoms with Crippen LogP contribution in [0.25, 0.3) is 10.6 Å². The van der Waals surface area contributed by atoms with Gasteiger partial charge in [-0.2, -0.15) is 0 Å². The quantitative estimate of drug-likeness (QED) is 0.936. The van der Waals surface area contributed by atoms with Crippen LogP contribution in [0.4, 0.5) is 0 Å². The summed E-state index contributed by atoms with van der Waals surface area (Å²) in [5.74, 6) is 0. The minimum atomic E-state index is 0.353. The Kier molecular flexibility index (Phi) is 4.25. The van der Waals surface area contributed by atoms with Crippen LogP contribution < -0.4 is 5.32 Å². The third kappa shape index (κ3) is 3.12. The first kappa shape index (κ1) is 12.7. The largest absolute Gasteiger partial charge is 0.310 e. The number of rotatable bonds is 4. The first-order valence-corrected chi connectivity index (χ1v) is 7.11. The predicted octanol–water partition coefficient (Wildman–Crippen LogP) is 3.64. The highest BCUT2D eigenvalue weighted by atomic mass is 79.9. The van der Waals surface area contributed by atoms with E-state index in [1.807, 2.05) is 18.5 Å². The standard InChI is InChI=1S/C12H14BrN3S/c1-3-15-8(2)11-7-16-12(17-11)9-4-10(13)6-14-5-9/h4-8,15H,3H2,1-2H3. The number of nitrogens with one attached hydrogen (secondary N) is 1. The van der Waals surface area contributed by atoms with E-state index in [1.165, 1.54) is 4.88 Å². The zero-order valence-electron chi connectivity index (χ0n) is 9.77. The van der Waals surface area contributed by atoms with Gasteiger partial charge in [-0.1, -0.05) is 6.92 Å². The van der Waals surface area contributed by atoms with E-state index in [9.17, 15) is 0 Å². The summed E-state index contributed by atoms with van der Waals surface area (Å²) in [5.41, 5.74) is 1.05. The molecule has 2 rings (SSSR count). The lowest BCUT2D eigenvalue weighted by Gasteiger charge is -2.08. The van der Waals surface area contributed by atoms with Crippen LogP contribution in [0.2, 0.25) is 0 Å². The van der Waals surface area contributed by atoms with Crippen LogP contribution in [0.3, 0.4) is 0 Å². The molecule has 2 aromatic rings. The summed E-state index contributed by atoms with van der Waals surface area (Å²) in [5, 5.41) is 4.40. The van der Waals surface area contributed by atoms with Gasteiger partial charge in [0.2, 0.25) is 0 Å². The molecule has 1 atom stereocenters. The summed E-state index contributed by atoms with van der Waals surface area (Å²) >= 11 is 5.13. The number of hydrogen-bond acceptors (Lipinski definition) is 4. The summed E-state index contributed by atoms with van der Waals surface area (Å²) in [4.78, 5) is 9.86. The topological polar surface area (TPSA) is 37.8 Å². The SMILES string of the molecule is CCNC(C)c1cnc(-c2cncc(Br)c2)s1. The van der Waals surface area contributed by atoms with Gasteiger partial charge in [0.05, 0.1) is 0 Å². The van der Waals surface area contributed by atoms with Crippen molar-refractivity contribution < 1.29 is 0 Å². The zero-order chi connectivity index (χ0) is 12.3. The van der Waals surface area contributed by atoms with Gasteiger partial charge in [-0.15, -0.1) is 11.3 Å². The molecule has 0 saturated carbocycles. The predicted molar refractivity (Wildman–Crippen MR) is 75.1 cm³/mol. The molecule has 1 unspecified atom stereocenters. The van der Waals surface area contributed by atoms with Gasteiger partial charge in [-0.3, -0.25) is 4.98 Å². The van der Waals surface area contributed by atoms with Crippen molar-refractivity contribution >= 4 is 27.3 Å². The maximum absolute atomic E-state index is 4.45. The second-order valence-electron chi connectivity index (χ2n) is 3.74. The highest BCUT2D eigenvalue weighted by Crippen LogP contribution is 2.29. The van der Waals surface area contributed by atoms with Gasteiger partial charge in [0.15, 0.2) is 0 Å². The van der Waals surface area contributed by atoms with Crippen LogP contribution in [-0.4, -0.2) is 16.5 Å². The van der Waals surface area contributed by atoms with Gasteiger partial charge in [0.1, 0.15) is 5.01 Å². The Morgan fingerprint density at radius 3 is 2.94 bits per heavy atom. The van der Waals surface area contributed by atoms with Crippen molar-refractivity contribution in [1.29, 1.82) is 0 Å². The molecule has 3 nitrogen and oxygen atoms in total. The molecule has 2 aromatic heterocycles. The van der Waals surface area contributed by atoms with Crippen LogP contribution in [-0.2, 0) is 0 Å². The molecule has 0 aliphatic rings. The lowest BCUT2D eigenvalue weighted by molar-refractivity contribution is 0.606. The van der Waals surface area contributed by atoms with E-state index in [1.54, 1.807) is 17.5 Å². The van der Waals surface area contributed by atoms with Gasteiger partial charge in [-0.25, -0.2) is 4.98 Å². The number of thiazole rings is 1. The number of hydrogen-bond donors (Lipinski definition) is 1. The molecule has 0 amide bonds. The van der Waals surface area contributed by atoms with E-state index in [4.69, 9.17) is 0 Å². The van der Waals surface area contributed by atoms with Crippen molar-refractivity contribution in [3.8, 4) is 10.6 Å². The van der Waals surface area contributed by atoms with Crippen LogP contribution in [0, 0.1) is 0 Å². The fraction of sp³-hybridized carbons (Fsp3) is 0.333.